The van der Waals surface area contributed by atoms with Gasteiger partial charge in [0.25, 0.3) is 5.91 Å². The van der Waals surface area contributed by atoms with Crippen molar-refractivity contribution < 1.29 is 14.7 Å². The molecule has 3 atom stereocenters. The summed E-state index contributed by atoms with van der Waals surface area (Å²) in [5.41, 5.74) is 1.66. The van der Waals surface area contributed by atoms with E-state index >= 15 is 0 Å². The van der Waals surface area contributed by atoms with Crippen LogP contribution in [0.3, 0.4) is 0 Å². The molecular formula is C22H27N3O3. The van der Waals surface area contributed by atoms with Crippen LogP contribution >= 0.6 is 0 Å². The molecule has 6 rings (SSSR count). The molecule has 0 aromatic heterocycles. The normalized spacial score (nSPS) is 39.3. The number of imide groups is 1. The van der Waals surface area contributed by atoms with E-state index < -0.39 is 5.54 Å². The van der Waals surface area contributed by atoms with Gasteiger partial charge in [-0.05, 0) is 86.1 Å². The van der Waals surface area contributed by atoms with Gasteiger partial charge in [0.05, 0.1) is 0 Å². The summed E-state index contributed by atoms with van der Waals surface area (Å²) < 4.78 is 0. The van der Waals surface area contributed by atoms with Crippen molar-refractivity contribution in [2.24, 2.45) is 11.3 Å². The minimum atomic E-state index is -0.799. The number of hydrogen-bond donors (Lipinski definition) is 3. The Bertz CT molecular complexity index is 897. The average Bonchev–Trinajstić information content (AvgIpc) is 3.36. The minimum absolute atomic E-state index is 0.0924. The number of urea groups is 1. The number of phenolic OH excluding ortho intramolecular Hbond substituents is 1. The lowest BCUT2D eigenvalue weighted by atomic mass is 9.49. The lowest BCUT2D eigenvalue weighted by Crippen LogP contribution is -2.65. The number of piperidine rings is 1. The zero-order valence-electron chi connectivity index (χ0n) is 16.1. The van der Waals surface area contributed by atoms with Crippen LogP contribution in [0.15, 0.2) is 18.2 Å². The van der Waals surface area contributed by atoms with Crippen LogP contribution < -0.4 is 10.6 Å². The largest absolute Gasteiger partial charge is 0.508 e. The molecule has 1 aromatic rings. The maximum atomic E-state index is 12.8. The lowest BCUT2D eigenvalue weighted by molar-refractivity contribution is -0.130. The Labute approximate surface area is 164 Å². The quantitative estimate of drug-likeness (QED) is 0.685. The van der Waals surface area contributed by atoms with Gasteiger partial charge in [0, 0.05) is 18.5 Å². The van der Waals surface area contributed by atoms with Gasteiger partial charge in [-0.25, -0.2) is 4.79 Å². The van der Waals surface area contributed by atoms with E-state index in [2.05, 4.69) is 21.6 Å². The van der Waals surface area contributed by atoms with Crippen molar-refractivity contribution in [1.29, 1.82) is 0 Å². The Kier molecular flexibility index (Phi) is 3.18. The fourth-order valence-corrected chi connectivity index (χ4v) is 6.93. The third kappa shape index (κ3) is 2.12. The van der Waals surface area contributed by atoms with Gasteiger partial charge in [-0.1, -0.05) is 6.07 Å². The van der Waals surface area contributed by atoms with Gasteiger partial charge in [-0.2, -0.15) is 0 Å². The lowest BCUT2D eigenvalue weighted by Gasteiger charge is -2.59. The van der Waals surface area contributed by atoms with Gasteiger partial charge in [-0.3, -0.25) is 10.1 Å². The zero-order chi connectivity index (χ0) is 19.1. The Balaban J connectivity index is 1.44. The van der Waals surface area contributed by atoms with Crippen LogP contribution in [0.1, 0.15) is 49.7 Å². The highest BCUT2D eigenvalue weighted by atomic mass is 16.3. The summed E-state index contributed by atoms with van der Waals surface area (Å²) in [6, 6.07) is 5.43. The van der Waals surface area contributed by atoms with E-state index in [-0.39, 0.29) is 22.8 Å². The molecule has 0 bridgehead atoms. The average molecular weight is 381 g/mol. The number of fused-ring (bicyclic) bond motifs is 1. The molecular weight excluding hydrogens is 354 g/mol. The first kappa shape index (κ1) is 16.8. The summed E-state index contributed by atoms with van der Waals surface area (Å²) in [7, 11) is 0. The first-order valence-corrected chi connectivity index (χ1v) is 10.6. The van der Waals surface area contributed by atoms with Crippen molar-refractivity contribution in [3.8, 4) is 5.75 Å². The van der Waals surface area contributed by atoms with Crippen molar-refractivity contribution in [2.45, 2.75) is 55.9 Å². The van der Waals surface area contributed by atoms with E-state index in [1.165, 1.54) is 30.5 Å². The predicted octanol–water partition coefficient (Wildman–Crippen LogP) is 2.05. The van der Waals surface area contributed by atoms with Crippen molar-refractivity contribution in [1.82, 2.24) is 15.5 Å². The van der Waals surface area contributed by atoms with Crippen LogP contribution in [-0.4, -0.2) is 47.1 Å². The minimum Gasteiger partial charge on any atom is -0.508 e. The monoisotopic (exact) mass is 381 g/mol. The number of benzene rings is 1. The zero-order valence-corrected chi connectivity index (χ0v) is 16.1. The third-order valence-corrected chi connectivity index (χ3v) is 8.40. The molecule has 0 radical (unpaired) electrons. The van der Waals surface area contributed by atoms with Gasteiger partial charge in [0.1, 0.15) is 11.3 Å². The highest BCUT2D eigenvalue weighted by Crippen LogP contribution is 2.65. The summed E-state index contributed by atoms with van der Waals surface area (Å²) in [6.45, 7) is 3.28. The van der Waals surface area contributed by atoms with Crippen LogP contribution in [-0.2, 0) is 16.6 Å². The van der Waals surface area contributed by atoms with Gasteiger partial charge in [0.2, 0.25) is 0 Å². The Hall–Kier alpha value is -2.08. The molecule has 3 amide bonds. The maximum absolute atomic E-state index is 12.8. The number of phenols is 1. The topological polar surface area (TPSA) is 81.7 Å². The molecule has 28 heavy (non-hydrogen) atoms. The molecule has 6 heteroatoms. The number of rotatable bonds is 2. The molecule has 148 valence electrons. The molecule has 2 heterocycles. The highest BCUT2D eigenvalue weighted by molar-refractivity contribution is 6.07. The first-order chi connectivity index (χ1) is 13.4. The predicted molar refractivity (Wildman–Crippen MR) is 103 cm³/mol. The van der Waals surface area contributed by atoms with E-state index in [1.54, 1.807) is 6.07 Å². The molecule has 0 unspecified atom stereocenters. The van der Waals surface area contributed by atoms with Gasteiger partial charge < -0.3 is 15.3 Å². The van der Waals surface area contributed by atoms with E-state index in [1.807, 2.05) is 6.07 Å². The number of hydrogen-bond acceptors (Lipinski definition) is 4. The molecule has 2 aliphatic heterocycles. The van der Waals surface area contributed by atoms with Crippen LogP contribution in [0, 0.1) is 11.3 Å². The first-order valence-electron chi connectivity index (χ1n) is 10.6. The number of nitrogens with one attached hydrogen (secondary N) is 2. The van der Waals surface area contributed by atoms with Crippen molar-refractivity contribution in [3.05, 3.63) is 29.3 Å². The number of nitrogens with zero attached hydrogens (tertiary/aromatic N) is 1. The van der Waals surface area contributed by atoms with Crippen LogP contribution in [0.2, 0.25) is 0 Å². The van der Waals surface area contributed by atoms with E-state index in [0.29, 0.717) is 18.6 Å². The van der Waals surface area contributed by atoms with Gasteiger partial charge in [0.15, 0.2) is 0 Å². The molecule has 6 nitrogen and oxygen atoms in total. The van der Waals surface area contributed by atoms with Crippen LogP contribution in [0.5, 0.6) is 5.75 Å². The molecule has 1 spiro atoms. The number of amides is 3. The number of likely N-dealkylation sites (tertiary alicyclic amines) is 1. The Morgan fingerprint density at radius 3 is 2.79 bits per heavy atom. The van der Waals surface area contributed by atoms with E-state index in [4.69, 9.17) is 0 Å². The van der Waals surface area contributed by atoms with Crippen LogP contribution in [0.4, 0.5) is 4.79 Å². The third-order valence-electron chi connectivity index (χ3n) is 8.40. The van der Waals surface area contributed by atoms with Gasteiger partial charge >= 0.3 is 6.03 Å². The van der Waals surface area contributed by atoms with Crippen LogP contribution in [0.25, 0.3) is 0 Å². The summed E-state index contributed by atoms with van der Waals surface area (Å²) >= 11 is 0. The van der Waals surface area contributed by atoms with Crippen molar-refractivity contribution >= 4 is 11.9 Å². The summed E-state index contributed by atoms with van der Waals surface area (Å²) in [5, 5.41) is 15.7. The molecule has 2 saturated heterocycles. The summed E-state index contributed by atoms with van der Waals surface area (Å²) in [4.78, 5) is 27.4. The standard InChI is InChI=1S/C22H27N3O3/c26-16-4-3-15-10-20-5-6-22(18(27)23-19(28)24-22)12-21(20,17(15)9-16)7-8-25(13-20)11-14-1-2-14/h3-4,9,14,26H,1-2,5-8,10-13H2,(H2,23,24,27,28)/t20-,21-,22-/m0/s1. The van der Waals surface area contributed by atoms with E-state index in [9.17, 15) is 14.7 Å². The van der Waals surface area contributed by atoms with E-state index in [0.717, 1.165) is 38.3 Å². The molecule has 4 fully saturated rings. The Morgan fingerprint density at radius 2 is 2.04 bits per heavy atom. The second-order valence-electron chi connectivity index (χ2n) is 9.98. The molecule has 5 aliphatic rings. The second kappa shape index (κ2) is 5.29. The van der Waals surface area contributed by atoms with Crippen molar-refractivity contribution in [3.63, 3.8) is 0 Å². The fourth-order valence-electron chi connectivity index (χ4n) is 6.93. The fraction of sp³-hybridized carbons (Fsp3) is 0.636. The molecule has 3 N–H and O–H groups in total. The maximum Gasteiger partial charge on any atom is 0.322 e. The SMILES string of the molecule is O=C1NC(=O)[C@@]2(CC[C@@]34Cc5ccc(O)cc5[C@]3(CCN(CC3CC3)C4)C2)N1. The summed E-state index contributed by atoms with van der Waals surface area (Å²) in [5.74, 6) is 0.991. The molecule has 3 aliphatic carbocycles. The van der Waals surface area contributed by atoms with Gasteiger partial charge in [-0.15, -0.1) is 0 Å². The number of carbonyl (C=O) groups is 2. The molecule has 1 aromatic carbocycles. The summed E-state index contributed by atoms with van der Waals surface area (Å²) in [6.07, 6.45) is 6.98. The Morgan fingerprint density at radius 1 is 1.18 bits per heavy atom. The smallest absolute Gasteiger partial charge is 0.322 e. The van der Waals surface area contributed by atoms with Crippen molar-refractivity contribution in [2.75, 3.05) is 19.6 Å². The second-order valence-corrected chi connectivity index (χ2v) is 9.98. The number of aromatic hydroxyl groups is 1. The number of carbonyl (C=O) groups excluding carboxylic acids is 2. The molecule has 2 saturated carbocycles. The highest BCUT2D eigenvalue weighted by Gasteiger charge is 2.67.